The molecule has 2 aromatic rings. The first-order valence-electron chi connectivity index (χ1n) is 11.2. The van der Waals surface area contributed by atoms with Gasteiger partial charge in [0.15, 0.2) is 5.82 Å². The van der Waals surface area contributed by atoms with Crippen LogP contribution in [0.3, 0.4) is 0 Å². The van der Waals surface area contributed by atoms with Crippen LogP contribution in [0.5, 0.6) is 11.6 Å². The number of aromatic nitrogens is 3. The number of morpholine rings is 1. The molecule has 33 heavy (non-hydrogen) atoms. The Labute approximate surface area is 193 Å². The number of carbonyl (C=O) groups excluding carboxylic acids is 1. The number of ether oxygens (including phenoxy) is 4. The van der Waals surface area contributed by atoms with Gasteiger partial charge in [-0.15, -0.1) is 0 Å². The van der Waals surface area contributed by atoms with Crippen LogP contribution in [0.2, 0.25) is 0 Å². The van der Waals surface area contributed by atoms with Gasteiger partial charge in [-0.25, -0.2) is 9.78 Å². The Kier molecular flexibility index (Phi) is 6.83. The number of nitrogens with zero attached hydrogens (tertiary/aromatic N) is 4. The van der Waals surface area contributed by atoms with Crippen molar-refractivity contribution >= 4 is 17.6 Å². The highest BCUT2D eigenvalue weighted by atomic mass is 16.6. The van der Waals surface area contributed by atoms with E-state index in [-0.39, 0.29) is 30.4 Å². The largest absolute Gasteiger partial charge is 0.489 e. The maximum absolute atomic E-state index is 12.6. The number of carbonyl (C=O) groups is 1. The van der Waals surface area contributed by atoms with Crippen LogP contribution in [-0.2, 0) is 9.47 Å². The third-order valence-corrected chi connectivity index (χ3v) is 5.76. The maximum atomic E-state index is 12.6. The fraction of sp³-hybridized carbons (Fsp3) is 0.565. The predicted molar refractivity (Wildman–Crippen MR) is 121 cm³/mol. The molecule has 2 aromatic heterocycles. The van der Waals surface area contributed by atoms with Gasteiger partial charge in [0.2, 0.25) is 5.75 Å². The molecule has 0 radical (unpaired) electrons. The number of amides is 1. The van der Waals surface area contributed by atoms with Crippen molar-refractivity contribution in [2.24, 2.45) is 0 Å². The molecular weight excluding hydrogens is 426 g/mol. The molecule has 10 heteroatoms. The van der Waals surface area contributed by atoms with Gasteiger partial charge in [0.05, 0.1) is 49.9 Å². The molecule has 1 N–H and O–H groups in total. The van der Waals surface area contributed by atoms with Crippen molar-refractivity contribution < 1.29 is 23.7 Å². The van der Waals surface area contributed by atoms with Crippen molar-refractivity contribution in [1.29, 1.82) is 0 Å². The molecule has 4 heterocycles. The van der Waals surface area contributed by atoms with Gasteiger partial charge in [0.1, 0.15) is 12.4 Å². The molecule has 10 nitrogen and oxygen atoms in total. The Morgan fingerprint density at radius 1 is 1.18 bits per heavy atom. The molecule has 2 fully saturated rings. The SMILES string of the molecule is COc1c(Nc2ccc(C)nc2C)ncnc1OC1CC2COCC(C1)N2C(=O)OC(C)C. The molecule has 2 saturated heterocycles. The Balaban J connectivity index is 1.50. The standard InChI is InChI=1S/C23H31N5O5/c1-13(2)32-23(29)28-16-8-18(9-17(28)11-31-10-16)33-22-20(30-5)21(24-12-25-22)27-19-7-6-14(3)26-15(19)4/h6-7,12-13,16-18H,8-11H2,1-5H3,(H,24,25,27). The lowest BCUT2D eigenvalue weighted by Crippen LogP contribution is -2.61. The van der Waals surface area contributed by atoms with Crippen LogP contribution in [0, 0.1) is 13.8 Å². The van der Waals surface area contributed by atoms with Crippen molar-refractivity contribution in [3.05, 3.63) is 29.8 Å². The lowest BCUT2D eigenvalue weighted by atomic mass is 9.92. The van der Waals surface area contributed by atoms with Crippen LogP contribution in [0.4, 0.5) is 16.3 Å². The fourth-order valence-corrected chi connectivity index (χ4v) is 4.34. The lowest BCUT2D eigenvalue weighted by Gasteiger charge is -2.47. The Hall–Kier alpha value is -3.14. The van der Waals surface area contributed by atoms with E-state index >= 15 is 0 Å². The number of hydrogen-bond acceptors (Lipinski definition) is 9. The lowest BCUT2D eigenvalue weighted by molar-refractivity contribution is -0.0935. The maximum Gasteiger partial charge on any atom is 0.410 e. The molecule has 0 aromatic carbocycles. The second-order valence-corrected chi connectivity index (χ2v) is 8.67. The molecule has 0 spiro atoms. The van der Waals surface area contributed by atoms with Gasteiger partial charge in [0, 0.05) is 18.5 Å². The minimum absolute atomic E-state index is 0.111. The zero-order valence-corrected chi connectivity index (χ0v) is 19.7. The van der Waals surface area contributed by atoms with Crippen molar-refractivity contribution in [3.8, 4) is 11.6 Å². The molecule has 0 saturated carbocycles. The summed E-state index contributed by atoms with van der Waals surface area (Å²) in [4.78, 5) is 27.6. The molecule has 2 bridgehead atoms. The quantitative estimate of drug-likeness (QED) is 0.698. The second-order valence-electron chi connectivity index (χ2n) is 8.67. The first-order chi connectivity index (χ1) is 15.9. The number of aryl methyl sites for hydroxylation is 2. The smallest absolute Gasteiger partial charge is 0.410 e. The third kappa shape index (κ3) is 5.11. The normalized spacial score (nSPS) is 22.1. The summed E-state index contributed by atoms with van der Waals surface area (Å²) in [5, 5.41) is 3.27. The van der Waals surface area contributed by atoms with Crippen LogP contribution < -0.4 is 14.8 Å². The van der Waals surface area contributed by atoms with E-state index in [1.165, 1.54) is 6.33 Å². The van der Waals surface area contributed by atoms with E-state index in [0.717, 1.165) is 17.1 Å². The van der Waals surface area contributed by atoms with Crippen molar-refractivity contribution in [2.75, 3.05) is 25.6 Å². The number of methoxy groups -OCH3 is 1. The van der Waals surface area contributed by atoms with Gasteiger partial charge in [-0.2, -0.15) is 4.98 Å². The van der Waals surface area contributed by atoms with E-state index < -0.39 is 0 Å². The Bertz CT molecular complexity index is 987. The number of piperidine rings is 1. The number of anilines is 2. The molecule has 2 aliphatic heterocycles. The minimum atomic E-state index is -0.296. The summed E-state index contributed by atoms with van der Waals surface area (Å²) in [5.41, 5.74) is 2.62. The molecule has 2 aliphatic rings. The number of fused-ring (bicyclic) bond motifs is 2. The highest BCUT2D eigenvalue weighted by Gasteiger charge is 2.44. The summed E-state index contributed by atoms with van der Waals surface area (Å²) in [5.74, 6) is 1.27. The first-order valence-corrected chi connectivity index (χ1v) is 11.2. The van der Waals surface area contributed by atoms with Gasteiger partial charge in [-0.05, 0) is 39.8 Å². The molecule has 0 aliphatic carbocycles. The average molecular weight is 458 g/mol. The van der Waals surface area contributed by atoms with Crippen LogP contribution in [0.25, 0.3) is 0 Å². The van der Waals surface area contributed by atoms with E-state index in [1.807, 2.05) is 39.8 Å². The van der Waals surface area contributed by atoms with Gasteiger partial charge in [-0.3, -0.25) is 9.88 Å². The molecule has 1 amide bonds. The topological polar surface area (TPSA) is 108 Å². The zero-order chi connectivity index (χ0) is 23.5. The number of pyridine rings is 1. The van der Waals surface area contributed by atoms with E-state index in [4.69, 9.17) is 18.9 Å². The molecule has 4 rings (SSSR count). The predicted octanol–water partition coefficient (Wildman–Crippen LogP) is 3.40. The van der Waals surface area contributed by atoms with Crippen LogP contribution in [-0.4, -0.2) is 70.6 Å². The van der Waals surface area contributed by atoms with Crippen molar-refractivity contribution in [3.63, 3.8) is 0 Å². The highest BCUT2D eigenvalue weighted by Crippen LogP contribution is 2.37. The number of rotatable bonds is 6. The Morgan fingerprint density at radius 3 is 2.55 bits per heavy atom. The summed E-state index contributed by atoms with van der Waals surface area (Å²) < 4.78 is 23.0. The summed E-state index contributed by atoms with van der Waals surface area (Å²) >= 11 is 0. The van der Waals surface area contributed by atoms with Gasteiger partial charge >= 0.3 is 6.09 Å². The zero-order valence-electron chi connectivity index (χ0n) is 19.7. The average Bonchev–Trinajstić information content (AvgIpc) is 2.75. The molecule has 178 valence electrons. The van der Waals surface area contributed by atoms with E-state index in [2.05, 4.69) is 20.3 Å². The van der Waals surface area contributed by atoms with Crippen LogP contribution in [0.1, 0.15) is 38.1 Å². The fourth-order valence-electron chi connectivity index (χ4n) is 4.34. The van der Waals surface area contributed by atoms with Gasteiger partial charge < -0.3 is 24.3 Å². The molecule has 2 atom stereocenters. The van der Waals surface area contributed by atoms with E-state index in [0.29, 0.717) is 43.5 Å². The minimum Gasteiger partial charge on any atom is -0.489 e. The summed E-state index contributed by atoms with van der Waals surface area (Å²) in [7, 11) is 1.56. The van der Waals surface area contributed by atoms with Crippen molar-refractivity contribution in [1.82, 2.24) is 19.9 Å². The van der Waals surface area contributed by atoms with E-state index in [9.17, 15) is 4.79 Å². The molecule has 2 unspecified atom stereocenters. The summed E-state index contributed by atoms with van der Waals surface area (Å²) in [6.45, 7) is 8.48. The highest BCUT2D eigenvalue weighted by molar-refractivity contribution is 5.69. The van der Waals surface area contributed by atoms with Crippen molar-refractivity contribution in [2.45, 2.75) is 64.8 Å². The molecular formula is C23H31N5O5. The second kappa shape index (κ2) is 9.78. The third-order valence-electron chi connectivity index (χ3n) is 5.76. The number of nitrogens with one attached hydrogen (secondary N) is 1. The Morgan fingerprint density at radius 2 is 1.91 bits per heavy atom. The number of hydrogen-bond donors (Lipinski definition) is 1. The van der Waals surface area contributed by atoms with Gasteiger partial charge in [0.25, 0.3) is 5.88 Å². The monoisotopic (exact) mass is 457 g/mol. The van der Waals surface area contributed by atoms with Crippen LogP contribution in [0.15, 0.2) is 18.5 Å². The van der Waals surface area contributed by atoms with E-state index in [1.54, 1.807) is 12.0 Å². The first kappa shape index (κ1) is 23.0. The van der Waals surface area contributed by atoms with Gasteiger partial charge in [-0.1, -0.05) is 0 Å². The van der Waals surface area contributed by atoms with Crippen LogP contribution >= 0.6 is 0 Å². The summed E-state index contributed by atoms with van der Waals surface area (Å²) in [6, 6.07) is 3.66. The summed E-state index contributed by atoms with van der Waals surface area (Å²) in [6.07, 6.45) is 2.05.